The van der Waals surface area contributed by atoms with Crippen LogP contribution in [0.3, 0.4) is 0 Å². The third-order valence-electron chi connectivity index (χ3n) is 7.41. The number of carbonyl (C=O) groups excluding carboxylic acids is 4. The summed E-state index contributed by atoms with van der Waals surface area (Å²) < 4.78 is 15.6. The van der Waals surface area contributed by atoms with Crippen LogP contribution >= 0.6 is 0 Å². The molecule has 240 valence electrons. The van der Waals surface area contributed by atoms with Crippen LogP contribution in [-0.2, 0) is 23.9 Å². The van der Waals surface area contributed by atoms with Crippen molar-refractivity contribution in [2.45, 2.75) is 53.1 Å². The Labute approximate surface area is 268 Å². The highest BCUT2D eigenvalue weighted by Crippen LogP contribution is 2.33. The summed E-state index contributed by atoms with van der Waals surface area (Å²) in [5.41, 5.74) is 2.76. The highest BCUT2D eigenvalue weighted by Gasteiger charge is 2.32. The molecule has 1 aliphatic rings. The SMILES string of the molecule is CC(=O)Oc1ccc(C(C)CC(C)(C)C(=O)OCC(O)COC(=O)c2ccc(N3N=C(C)/C(=C/c4ccccc4)C3=O)cc2)cc1. The molecule has 3 aromatic carbocycles. The van der Waals surface area contributed by atoms with Gasteiger partial charge in [0.15, 0.2) is 0 Å². The number of hydrazone groups is 1. The van der Waals surface area contributed by atoms with Crippen LogP contribution in [-0.4, -0.2) is 54.0 Å². The molecular formula is C36H38N2O8. The maximum Gasteiger partial charge on any atom is 0.338 e. The largest absolute Gasteiger partial charge is 0.462 e. The van der Waals surface area contributed by atoms with Crippen molar-refractivity contribution >= 4 is 41.3 Å². The number of amides is 1. The highest BCUT2D eigenvalue weighted by molar-refractivity contribution is 6.32. The van der Waals surface area contributed by atoms with E-state index >= 15 is 0 Å². The van der Waals surface area contributed by atoms with Crippen LogP contribution in [0.5, 0.6) is 5.75 Å². The number of nitrogens with zero attached hydrogens (tertiary/aromatic N) is 2. The zero-order valence-corrected chi connectivity index (χ0v) is 26.6. The second kappa shape index (κ2) is 14.8. The van der Waals surface area contributed by atoms with Crippen molar-refractivity contribution in [3.05, 3.63) is 101 Å². The molecule has 0 fully saturated rings. The van der Waals surface area contributed by atoms with Gasteiger partial charge in [-0.15, -0.1) is 0 Å². The van der Waals surface area contributed by atoms with E-state index in [2.05, 4.69) is 5.10 Å². The molecule has 46 heavy (non-hydrogen) atoms. The molecule has 10 heteroatoms. The van der Waals surface area contributed by atoms with Crippen molar-refractivity contribution in [2.75, 3.05) is 18.2 Å². The highest BCUT2D eigenvalue weighted by atomic mass is 16.6. The van der Waals surface area contributed by atoms with E-state index in [0.29, 0.717) is 29.1 Å². The van der Waals surface area contributed by atoms with Gasteiger partial charge in [-0.2, -0.15) is 10.1 Å². The van der Waals surface area contributed by atoms with Crippen molar-refractivity contribution < 1.29 is 38.5 Å². The smallest absolute Gasteiger partial charge is 0.338 e. The minimum Gasteiger partial charge on any atom is -0.462 e. The number of hydrogen-bond donors (Lipinski definition) is 1. The van der Waals surface area contributed by atoms with Crippen molar-refractivity contribution in [2.24, 2.45) is 10.5 Å². The summed E-state index contributed by atoms with van der Waals surface area (Å²) in [6.45, 7) is 7.89. The lowest BCUT2D eigenvalue weighted by Gasteiger charge is -2.27. The third-order valence-corrected chi connectivity index (χ3v) is 7.41. The second-order valence-corrected chi connectivity index (χ2v) is 11.8. The predicted molar refractivity (Wildman–Crippen MR) is 173 cm³/mol. The Bertz CT molecular complexity index is 1630. The number of carbonyl (C=O) groups is 4. The van der Waals surface area contributed by atoms with E-state index in [1.54, 1.807) is 51.1 Å². The molecule has 0 saturated carbocycles. The first-order valence-electron chi connectivity index (χ1n) is 14.9. The van der Waals surface area contributed by atoms with Crippen LogP contribution in [0.4, 0.5) is 5.69 Å². The lowest BCUT2D eigenvalue weighted by atomic mass is 9.81. The van der Waals surface area contributed by atoms with Crippen LogP contribution in [0.25, 0.3) is 6.08 Å². The molecule has 3 aromatic rings. The molecule has 1 aliphatic heterocycles. The van der Waals surface area contributed by atoms with E-state index < -0.39 is 29.4 Å². The number of rotatable bonds is 12. The van der Waals surface area contributed by atoms with Gasteiger partial charge in [-0.05, 0) is 86.7 Å². The molecule has 0 saturated heterocycles. The Balaban J connectivity index is 1.24. The molecule has 0 spiro atoms. The summed E-state index contributed by atoms with van der Waals surface area (Å²) in [5, 5.41) is 16.0. The standard InChI is InChI=1S/C36H38N2O8/c1-23(27-13-17-31(18-14-27)46-25(3)39)20-36(4,5)35(43)45-22-30(40)21-44-34(42)28-11-15-29(16-12-28)38-33(41)32(24(2)37-38)19-26-9-7-6-8-10-26/h6-19,23,30,40H,20-22H2,1-5H3/b32-19-. The monoisotopic (exact) mass is 626 g/mol. The van der Waals surface area contributed by atoms with Crippen LogP contribution in [0.2, 0.25) is 0 Å². The van der Waals surface area contributed by atoms with Crippen molar-refractivity contribution in [3.8, 4) is 5.75 Å². The van der Waals surface area contributed by atoms with Gasteiger partial charge in [0.2, 0.25) is 0 Å². The lowest BCUT2D eigenvalue weighted by molar-refractivity contribution is -0.158. The van der Waals surface area contributed by atoms with Crippen LogP contribution < -0.4 is 9.75 Å². The van der Waals surface area contributed by atoms with E-state index in [9.17, 15) is 24.3 Å². The Hall–Kier alpha value is -5.09. The average Bonchev–Trinajstić information content (AvgIpc) is 3.31. The van der Waals surface area contributed by atoms with Gasteiger partial charge in [0.25, 0.3) is 5.91 Å². The van der Waals surface area contributed by atoms with Crippen LogP contribution in [0.15, 0.2) is 89.5 Å². The van der Waals surface area contributed by atoms with Gasteiger partial charge in [0, 0.05) is 6.92 Å². The molecule has 1 amide bonds. The quantitative estimate of drug-likeness (QED) is 0.154. The first-order chi connectivity index (χ1) is 21.8. The van der Waals surface area contributed by atoms with Crippen LogP contribution in [0.1, 0.15) is 68.4 Å². The van der Waals surface area contributed by atoms with E-state index in [1.165, 1.54) is 24.1 Å². The van der Waals surface area contributed by atoms with E-state index in [4.69, 9.17) is 14.2 Å². The molecule has 0 aromatic heterocycles. The molecular weight excluding hydrogens is 588 g/mol. The van der Waals surface area contributed by atoms with Crippen molar-refractivity contribution in [1.82, 2.24) is 0 Å². The summed E-state index contributed by atoms with van der Waals surface area (Å²) in [6, 6.07) is 22.8. The van der Waals surface area contributed by atoms with Gasteiger partial charge in [-0.3, -0.25) is 14.4 Å². The molecule has 2 unspecified atom stereocenters. The Morgan fingerprint density at radius 2 is 1.57 bits per heavy atom. The molecule has 4 rings (SSSR count). The first-order valence-corrected chi connectivity index (χ1v) is 14.9. The molecule has 0 aliphatic carbocycles. The number of ether oxygens (including phenoxy) is 3. The molecule has 1 N–H and O–H groups in total. The molecule has 0 bridgehead atoms. The summed E-state index contributed by atoms with van der Waals surface area (Å²) in [6.07, 6.45) is 1.04. The number of benzene rings is 3. The van der Waals surface area contributed by atoms with E-state index in [1.807, 2.05) is 49.4 Å². The zero-order chi connectivity index (χ0) is 33.4. The first kappa shape index (κ1) is 33.8. The third kappa shape index (κ3) is 8.76. The summed E-state index contributed by atoms with van der Waals surface area (Å²) in [7, 11) is 0. The fourth-order valence-electron chi connectivity index (χ4n) is 4.98. The van der Waals surface area contributed by atoms with E-state index in [-0.39, 0.29) is 30.6 Å². The van der Waals surface area contributed by atoms with Gasteiger partial charge in [-0.1, -0.05) is 49.4 Å². The fraction of sp³-hybridized carbons (Fsp3) is 0.306. The average molecular weight is 627 g/mol. The van der Waals surface area contributed by atoms with Crippen LogP contribution in [0, 0.1) is 5.41 Å². The van der Waals surface area contributed by atoms with Gasteiger partial charge in [-0.25, -0.2) is 4.79 Å². The fourth-order valence-corrected chi connectivity index (χ4v) is 4.98. The molecule has 10 nitrogen and oxygen atoms in total. The van der Waals surface area contributed by atoms with E-state index in [0.717, 1.165) is 11.1 Å². The topological polar surface area (TPSA) is 132 Å². The summed E-state index contributed by atoms with van der Waals surface area (Å²) in [5.74, 6) is -1.40. The number of aliphatic hydroxyl groups is 1. The minimum absolute atomic E-state index is 0.00147. The normalized spacial score (nSPS) is 15.3. The van der Waals surface area contributed by atoms with Gasteiger partial charge in [0.05, 0.1) is 28.0 Å². The maximum atomic E-state index is 13.0. The summed E-state index contributed by atoms with van der Waals surface area (Å²) >= 11 is 0. The Kier molecular flexibility index (Phi) is 10.9. The summed E-state index contributed by atoms with van der Waals surface area (Å²) in [4.78, 5) is 49.6. The number of hydrogen-bond acceptors (Lipinski definition) is 9. The number of esters is 3. The predicted octanol–water partition coefficient (Wildman–Crippen LogP) is 5.70. The zero-order valence-electron chi connectivity index (χ0n) is 26.6. The number of aliphatic hydroxyl groups excluding tert-OH is 1. The molecule has 0 radical (unpaired) electrons. The van der Waals surface area contributed by atoms with Crippen molar-refractivity contribution in [1.29, 1.82) is 0 Å². The van der Waals surface area contributed by atoms with Gasteiger partial charge in [0.1, 0.15) is 25.1 Å². The number of anilines is 1. The molecule has 2 atom stereocenters. The Morgan fingerprint density at radius 3 is 2.20 bits per heavy atom. The van der Waals surface area contributed by atoms with Crippen molar-refractivity contribution in [3.63, 3.8) is 0 Å². The maximum absolute atomic E-state index is 13.0. The van der Waals surface area contributed by atoms with Gasteiger partial charge >= 0.3 is 17.9 Å². The minimum atomic E-state index is -1.22. The second-order valence-electron chi connectivity index (χ2n) is 11.8. The van der Waals surface area contributed by atoms with Gasteiger partial charge < -0.3 is 19.3 Å². The molecule has 1 heterocycles. The Morgan fingerprint density at radius 1 is 0.935 bits per heavy atom. The lowest BCUT2D eigenvalue weighted by Crippen LogP contribution is -2.32.